The molecular weight excluding hydrogens is 1340 g/mol. The number of hydrogen-bond donors (Lipinski definition) is 2. The number of anilines is 2. The van der Waals surface area contributed by atoms with Crippen molar-refractivity contribution in [3.05, 3.63) is 159 Å². The van der Waals surface area contributed by atoms with Gasteiger partial charge in [-0.25, -0.2) is 4.79 Å². The average Bonchev–Trinajstić information content (AvgIpc) is 0.766. The summed E-state index contributed by atoms with van der Waals surface area (Å²) in [5.74, 6) is 1.94. The molecule has 0 spiro atoms. The predicted octanol–water partition coefficient (Wildman–Crippen LogP) is 9.39. The summed E-state index contributed by atoms with van der Waals surface area (Å²) < 4.78 is 53.7. The van der Waals surface area contributed by atoms with Crippen LogP contribution >= 0.6 is 0 Å². The lowest BCUT2D eigenvalue weighted by molar-refractivity contribution is -0.119. The number of nitrogens with one attached hydrogen (secondary N) is 2. The molecule has 22 heteroatoms. The van der Waals surface area contributed by atoms with Gasteiger partial charge in [0.25, 0.3) is 5.91 Å². The topological polar surface area (TPSA) is 184 Å². The zero-order valence-corrected chi connectivity index (χ0v) is 66.1. The fraction of sp³-hybridized carbons (Fsp3) is 0.487. The monoisotopic (exact) mass is 1450 g/mol. The molecule has 2 aliphatic heterocycles. The Kier molecular flexibility index (Phi) is 37.1. The molecule has 0 bridgehead atoms. The van der Waals surface area contributed by atoms with Gasteiger partial charge < -0.3 is 85.7 Å². The molecule has 18 nitrogen and oxygen atoms in total. The highest BCUT2D eigenvalue weighted by Crippen LogP contribution is 2.47. The minimum atomic E-state index is -2.78. The molecule has 100 heavy (non-hydrogen) atoms. The van der Waals surface area contributed by atoms with Gasteiger partial charge in [-0.1, -0.05) is 62.4 Å². The number of hydrogen-bond acceptors (Lipinski definition) is 16. The molecular formula is C78H112Cl2N6O12Si2-2. The molecule has 2 N–H and O–H groups in total. The highest BCUT2D eigenvalue weighted by molar-refractivity contribution is 6.61. The average molecular weight is 1450 g/mol. The summed E-state index contributed by atoms with van der Waals surface area (Å²) in [6.07, 6.45) is 8.12. The van der Waals surface area contributed by atoms with Gasteiger partial charge >= 0.3 is 23.6 Å². The van der Waals surface area contributed by atoms with Crippen molar-refractivity contribution in [3.8, 4) is 28.2 Å². The van der Waals surface area contributed by atoms with Crippen molar-refractivity contribution in [3.63, 3.8) is 0 Å². The smallest absolute Gasteiger partial charge is 0.500 e. The van der Waals surface area contributed by atoms with Gasteiger partial charge in [0, 0.05) is 173 Å². The highest BCUT2D eigenvalue weighted by Gasteiger charge is 2.41. The highest BCUT2D eigenvalue weighted by atomic mass is 35.5. The van der Waals surface area contributed by atoms with E-state index in [1.54, 1.807) is 0 Å². The van der Waals surface area contributed by atoms with E-state index in [4.69, 9.17) is 40.4 Å². The Bertz CT molecular complexity index is 3670. The van der Waals surface area contributed by atoms with Crippen molar-refractivity contribution in [2.75, 3.05) is 115 Å². The largest absolute Gasteiger partial charge is 1.00 e. The second-order valence-electron chi connectivity index (χ2n) is 23.5. The third kappa shape index (κ3) is 22.2. The van der Waals surface area contributed by atoms with E-state index in [9.17, 15) is 14.4 Å². The molecule has 550 valence electrons. The van der Waals surface area contributed by atoms with Crippen LogP contribution in [0.25, 0.3) is 39.0 Å². The Balaban J connectivity index is 0.000000347. The van der Waals surface area contributed by atoms with Gasteiger partial charge in [-0.05, 0) is 188 Å². The Labute approximate surface area is 611 Å². The third-order valence-corrected chi connectivity index (χ3v) is 23.5. The molecule has 0 saturated carbocycles. The number of nitrogens with zero attached hydrogens (tertiary/aromatic N) is 4. The fourth-order valence-corrected chi connectivity index (χ4v) is 18.0. The zero-order chi connectivity index (χ0) is 71.4. The number of amides is 2. The molecule has 0 saturated heterocycles. The van der Waals surface area contributed by atoms with Crippen LogP contribution in [0.2, 0.25) is 12.1 Å². The maximum atomic E-state index is 13.8. The number of ether oxygens (including phenoxy) is 2. The summed E-state index contributed by atoms with van der Waals surface area (Å²) in [6, 6.07) is 32.0. The number of rotatable bonds is 35. The van der Waals surface area contributed by atoms with Gasteiger partial charge in [-0.15, -0.1) is 0 Å². The predicted molar refractivity (Wildman–Crippen MR) is 402 cm³/mol. The number of esters is 1. The van der Waals surface area contributed by atoms with Gasteiger partial charge in [0.2, 0.25) is 5.91 Å². The standard InChI is InChI=1S/C37H53N3O5Si.C30H34N2O3.C11H25NO4Si.2ClH/c1-8-39(9-2)28-20-22-32-34(26-28)45-35-27-29(40(10-3)11-4)21-23-33(35)36(32)30-18-15-16-19-31(30)37(41)38-24-17-25-46(42-12-5,43-13-6)44-14-7;1-7-31-25-17-27-23(15-19(25)5)29(21-13-11-12-14-22(21)30(33)34-10-4)24-16-20(6)26(18-28(24)35-27)32(8-2)9-3;1-5-14-17(15-6-2,16-7-3)10-8-9-12-11(4)13;;/h15-16,18-23,26-28H,8-14,17,24-25H2,1-7H3,(H,38,41);11-18H,7-10H2,1-6H3;5-10H2,1-4H3,(H,12,13);2*1H/p-2. The first-order chi connectivity index (χ1) is 47.4. The van der Waals surface area contributed by atoms with Crippen LogP contribution in [0.15, 0.2) is 130 Å². The molecule has 2 aliphatic carbocycles. The number of benzene rings is 5. The summed E-state index contributed by atoms with van der Waals surface area (Å²) >= 11 is 0. The SMILES string of the molecule is CCN=c1cc2oc3cc(N(CC)CC)c(C)cc3c(-c3ccccc3C(=O)OCC)c-2cc1C.CCO[Si](CCCNC(=O)c1ccccc1C1=C2C=CC(N(CC)CC)C=C2Oc2cc(N(CC)CC)ccc21)(OCC)OCC.CCO[Si](CCCNC(C)=O)(OCC)OCC.[Cl-].[Cl-]. The second-order valence-corrected chi connectivity index (χ2v) is 28.9. The van der Waals surface area contributed by atoms with Crippen molar-refractivity contribution in [1.82, 2.24) is 15.5 Å². The van der Waals surface area contributed by atoms with Crippen molar-refractivity contribution in [1.29, 1.82) is 0 Å². The molecule has 1 unspecified atom stereocenters. The van der Waals surface area contributed by atoms with Crippen LogP contribution in [0.1, 0.15) is 160 Å². The fourth-order valence-electron chi connectivity index (χ4n) is 12.8. The minimum Gasteiger partial charge on any atom is -1.00 e. The van der Waals surface area contributed by atoms with Crippen LogP contribution in [-0.2, 0) is 36.1 Å². The lowest BCUT2D eigenvalue weighted by Crippen LogP contribution is -3.00. The molecule has 2 amide bonds. The van der Waals surface area contributed by atoms with Crippen LogP contribution in [0.4, 0.5) is 11.4 Å². The molecule has 0 radical (unpaired) electrons. The lowest BCUT2D eigenvalue weighted by Gasteiger charge is -2.33. The molecule has 4 aromatic rings. The minimum absolute atomic E-state index is 0. The number of allylic oxidation sites excluding steroid dienone is 1. The van der Waals surface area contributed by atoms with E-state index in [2.05, 4.69) is 140 Å². The van der Waals surface area contributed by atoms with E-state index in [0.29, 0.717) is 89.5 Å². The normalized spacial score (nSPS) is 13.4. The number of carbonyl (C=O) groups excluding carboxylic acids is 3. The maximum Gasteiger partial charge on any atom is 0.500 e. The lowest BCUT2D eigenvalue weighted by atomic mass is 9.84. The van der Waals surface area contributed by atoms with Crippen molar-refractivity contribution < 1.29 is 79.6 Å². The van der Waals surface area contributed by atoms with Crippen LogP contribution in [0.5, 0.6) is 5.75 Å². The molecule has 0 fully saturated rings. The molecule has 8 rings (SSSR count). The number of carbonyl (C=O) groups is 3. The molecule has 4 aromatic carbocycles. The Morgan fingerprint density at radius 3 is 1.65 bits per heavy atom. The molecule has 4 aliphatic rings. The van der Waals surface area contributed by atoms with Gasteiger partial charge in [-0.3, -0.25) is 19.5 Å². The maximum absolute atomic E-state index is 13.8. The Morgan fingerprint density at radius 1 is 0.570 bits per heavy atom. The van der Waals surface area contributed by atoms with Crippen molar-refractivity contribution >= 4 is 63.3 Å². The van der Waals surface area contributed by atoms with Gasteiger partial charge in [0.1, 0.15) is 22.9 Å². The van der Waals surface area contributed by atoms with E-state index in [-0.39, 0.29) is 48.6 Å². The molecule has 1 atom stereocenters. The first-order valence-corrected chi connectivity index (χ1v) is 39.7. The Hall–Kier alpha value is -6.67. The van der Waals surface area contributed by atoms with Crippen molar-refractivity contribution in [2.24, 2.45) is 4.99 Å². The zero-order valence-electron chi connectivity index (χ0n) is 62.6. The van der Waals surface area contributed by atoms with E-state index in [1.165, 1.54) is 12.5 Å². The first-order valence-electron chi connectivity index (χ1n) is 35.9. The van der Waals surface area contributed by atoms with E-state index < -0.39 is 17.6 Å². The summed E-state index contributed by atoms with van der Waals surface area (Å²) in [4.78, 5) is 49.2. The molecule has 2 heterocycles. The second kappa shape index (κ2) is 43.3. The number of aryl methyl sites for hydroxylation is 2. The summed E-state index contributed by atoms with van der Waals surface area (Å²) in [6.45, 7) is 45.3. The summed E-state index contributed by atoms with van der Waals surface area (Å²) in [7, 11) is -5.29. The van der Waals surface area contributed by atoms with E-state index in [0.717, 1.165) is 141 Å². The number of halogens is 2. The van der Waals surface area contributed by atoms with E-state index in [1.807, 2.05) is 110 Å². The first kappa shape index (κ1) is 85.7. The van der Waals surface area contributed by atoms with Gasteiger partial charge in [0.15, 0.2) is 0 Å². The van der Waals surface area contributed by atoms with Crippen LogP contribution in [0, 0.1) is 13.8 Å². The number of fused-ring (bicyclic) bond motifs is 4. The third-order valence-electron chi connectivity index (χ3n) is 17.2. The Morgan fingerprint density at radius 2 is 1.12 bits per heavy atom. The van der Waals surface area contributed by atoms with Gasteiger partial charge in [-0.2, -0.15) is 0 Å². The van der Waals surface area contributed by atoms with Crippen LogP contribution in [-0.4, -0.2) is 151 Å². The quantitative estimate of drug-likeness (QED) is 0.0166. The van der Waals surface area contributed by atoms with E-state index >= 15 is 0 Å². The van der Waals surface area contributed by atoms with Crippen LogP contribution < -0.4 is 55.3 Å². The summed E-state index contributed by atoms with van der Waals surface area (Å²) in [5, 5.41) is 7.82. The van der Waals surface area contributed by atoms with Gasteiger partial charge in [0.05, 0.1) is 23.6 Å². The number of likely N-dealkylation sites (N-methyl/N-ethyl adjacent to an activating group) is 1. The van der Waals surface area contributed by atoms with Crippen LogP contribution in [0.3, 0.4) is 0 Å². The molecule has 0 aromatic heterocycles. The van der Waals surface area contributed by atoms with Crippen molar-refractivity contribution in [2.45, 2.75) is 149 Å². The summed E-state index contributed by atoms with van der Waals surface area (Å²) in [5.41, 5.74) is 13.1.